The number of hydrogen-bond acceptors (Lipinski definition) is 3. The lowest BCUT2D eigenvalue weighted by molar-refractivity contribution is 0.163. The molecule has 0 radical (unpaired) electrons. The van der Waals surface area contributed by atoms with Gasteiger partial charge in [-0.25, -0.2) is 0 Å². The minimum absolute atomic E-state index is 0.281. The summed E-state index contributed by atoms with van der Waals surface area (Å²) in [4.78, 5) is 0. The van der Waals surface area contributed by atoms with Crippen LogP contribution in [0.1, 0.15) is 6.92 Å². The highest BCUT2D eigenvalue weighted by Gasteiger charge is 2.15. The molecular weight excluding hydrogens is 104 g/mol. The molecule has 3 heteroatoms. The molecule has 0 unspecified atom stereocenters. The molecule has 0 bridgehead atoms. The van der Waals surface area contributed by atoms with Crippen LogP contribution in [0.25, 0.3) is 0 Å². The smallest absolute Gasteiger partial charge is 0.124 e. The van der Waals surface area contributed by atoms with Crippen LogP contribution in [0.2, 0.25) is 0 Å². The molecule has 3 nitrogen and oxygen atoms in total. The molecule has 0 fully saturated rings. The van der Waals surface area contributed by atoms with Crippen molar-refractivity contribution < 1.29 is 4.74 Å². The second kappa shape index (κ2) is 2.65. The van der Waals surface area contributed by atoms with Gasteiger partial charge in [-0.3, -0.25) is 0 Å². The summed E-state index contributed by atoms with van der Waals surface area (Å²) < 4.78 is 4.65. The van der Waals surface area contributed by atoms with E-state index < -0.39 is 5.54 Å². The molecular formula is C5H10N2O. The van der Waals surface area contributed by atoms with Crippen molar-refractivity contribution in [2.24, 2.45) is 5.73 Å². The molecule has 0 aliphatic heterocycles. The van der Waals surface area contributed by atoms with E-state index in [4.69, 9.17) is 11.0 Å². The maximum absolute atomic E-state index is 8.27. The Balaban J connectivity index is 3.59. The average Bonchev–Trinajstić information content (AvgIpc) is 1.67. The number of ether oxygens (including phenoxy) is 1. The van der Waals surface area contributed by atoms with E-state index in [-0.39, 0.29) is 6.61 Å². The van der Waals surface area contributed by atoms with Crippen molar-refractivity contribution in [3.8, 4) is 6.07 Å². The molecule has 0 aromatic rings. The third-order valence-electron chi connectivity index (χ3n) is 0.700. The summed E-state index contributed by atoms with van der Waals surface area (Å²) >= 11 is 0. The number of methoxy groups -OCH3 is 1. The first-order valence-corrected chi connectivity index (χ1v) is 2.31. The zero-order chi connectivity index (χ0) is 6.62. The van der Waals surface area contributed by atoms with E-state index >= 15 is 0 Å². The van der Waals surface area contributed by atoms with Crippen molar-refractivity contribution in [2.45, 2.75) is 12.5 Å². The van der Waals surface area contributed by atoms with Gasteiger partial charge in [0.1, 0.15) is 5.54 Å². The van der Waals surface area contributed by atoms with Crippen LogP contribution in [-0.4, -0.2) is 19.3 Å². The summed E-state index contributed by atoms with van der Waals surface area (Å²) in [6.07, 6.45) is 0. The Kier molecular flexibility index (Phi) is 2.46. The number of nitrogens with zero attached hydrogens (tertiary/aromatic N) is 1. The van der Waals surface area contributed by atoms with Crippen LogP contribution in [0.3, 0.4) is 0 Å². The minimum atomic E-state index is -0.825. The molecule has 2 N–H and O–H groups in total. The van der Waals surface area contributed by atoms with Crippen LogP contribution < -0.4 is 5.73 Å². The fraction of sp³-hybridized carbons (Fsp3) is 0.800. The highest BCUT2D eigenvalue weighted by atomic mass is 16.5. The monoisotopic (exact) mass is 114 g/mol. The first-order valence-electron chi connectivity index (χ1n) is 2.31. The van der Waals surface area contributed by atoms with E-state index in [1.54, 1.807) is 6.92 Å². The van der Waals surface area contributed by atoms with Gasteiger partial charge in [0.15, 0.2) is 0 Å². The molecule has 0 rings (SSSR count). The van der Waals surface area contributed by atoms with E-state index in [9.17, 15) is 0 Å². The molecule has 46 valence electrons. The standard InChI is InChI=1S/C5H10N2O/c1-5(7,3-6)4-8-2/h4,7H2,1-2H3/t5-/m1/s1. The van der Waals surface area contributed by atoms with Crippen LogP contribution in [-0.2, 0) is 4.74 Å². The number of nitrogens with two attached hydrogens (primary N) is 1. The lowest BCUT2D eigenvalue weighted by atomic mass is 10.1. The van der Waals surface area contributed by atoms with E-state index in [0.717, 1.165) is 0 Å². The maximum atomic E-state index is 8.27. The highest BCUT2D eigenvalue weighted by Crippen LogP contribution is 1.94. The van der Waals surface area contributed by atoms with Gasteiger partial charge in [0.05, 0.1) is 12.7 Å². The van der Waals surface area contributed by atoms with Crippen molar-refractivity contribution in [3.05, 3.63) is 0 Å². The fourth-order valence-electron chi connectivity index (χ4n) is 0.332. The van der Waals surface area contributed by atoms with E-state index in [1.165, 1.54) is 7.11 Å². The number of nitriles is 1. The SMILES string of the molecule is COC[C@](C)(N)C#N. The minimum Gasteiger partial charge on any atom is -0.382 e. The van der Waals surface area contributed by atoms with Crippen molar-refractivity contribution in [1.82, 2.24) is 0 Å². The van der Waals surface area contributed by atoms with Gasteiger partial charge < -0.3 is 10.5 Å². The topological polar surface area (TPSA) is 59.0 Å². The fourth-order valence-corrected chi connectivity index (χ4v) is 0.332. The molecule has 0 saturated carbocycles. The Morgan fingerprint density at radius 2 is 2.38 bits per heavy atom. The number of rotatable bonds is 2. The van der Waals surface area contributed by atoms with Crippen LogP contribution in [0.4, 0.5) is 0 Å². The summed E-state index contributed by atoms with van der Waals surface area (Å²) in [5.41, 5.74) is 4.52. The van der Waals surface area contributed by atoms with Crippen LogP contribution in [0, 0.1) is 11.3 Å². The van der Waals surface area contributed by atoms with Gasteiger partial charge >= 0.3 is 0 Å². The Bertz CT molecular complexity index is 103. The van der Waals surface area contributed by atoms with E-state index in [1.807, 2.05) is 6.07 Å². The van der Waals surface area contributed by atoms with Crippen LogP contribution >= 0.6 is 0 Å². The number of hydrogen-bond donors (Lipinski definition) is 1. The highest BCUT2D eigenvalue weighted by molar-refractivity contribution is 5.00. The molecule has 8 heavy (non-hydrogen) atoms. The van der Waals surface area contributed by atoms with Crippen molar-refractivity contribution in [3.63, 3.8) is 0 Å². The lowest BCUT2D eigenvalue weighted by Crippen LogP contribution is -2.38. The molecule has 0 saturated heterocycles. The molecule has 0 aliphatic rings. The van der Waals surface area contributed by atoms with Crippen LogP contribution in [0.5, 0.6) is 0 Å². The average molecular weight is 114 g/mol. The first kappa shape index (κ1) is 7.41. The van der Waals surface area contributed by atoms with Crippen molar-refractivity contribution in [2.75, 3.05) is 13.7 Å². The zero-order valence-corrected chi connectivity index (χ0v) is 5.14. The molecule has 0 heterocycles. The molecule has 0 aliphatic carbocycles. The Morgan fingerprint density at radius 3 is 2.50 bits per heavy atom. The van der Waals surface area contributed by atoms with Gasteiger partial charge in [0, 0.05) is 7.11 Å². The van der Waals surface area contributed by atoms with Crippen molar-refractivity contribution >= 4 is 0 Å². The van der Waals surface area contributed by atoms with Gasteiger partial charge in [-0.05, 0) is 6.92 Å². The predicted octanol–water partition coefficient (Wildman–Crippen LogP) is -0.126. The second-order valence-corrected chi connectivity index (χ2v) is 1.96. The third-order valence-corrected chi connectivity index (χ3v) is 0.700. The lowest BCUT2D eigenvalue weighted by Gasteiger charge is -2.11. The first-order chi connectivity index (χ1) is 3.62. The quantitative estimate of drug-likeness (QED) is 0.544. The maximum Gasteiger partial charge on any atom is 0.124 e. The normalized spacial score (nSPS) is 16.8. The third kappa shape index (κ3) is 2.56. The summed E-state index contributed by atoms with van der Waals surface area (Å²) in [5, 5.41) is 8.27. The molecule has 0 aromatic carbocycles. The Hall–Kier alpha value is -0.590. The van der Waals surface area contributed by atoms with Gasteiger partial charge in [-0.2, -0.15) is 5.26 Å². The Labute approximate surface area is 49.0 Å². The summed E-state index contributed by atoms with van der Waals surface area (Å²) in [5.74, 6) is 0. The molecule has 0 spiro atoms. The second-order valence-electron chi connectivity index (χ2n) is 1.96. The van der Waals surface area contributed by atoms with Gasteiger partial charge in [0.25, 0.3) is 0 Å². The molecule has 0 amide bonds. The summed E-state index contributed by atoms with van der Waals surface area (Å²) in [6, 6.07) is 1.90. The Morgan fingerprint density at radius 1 is 1.88 bits per heavy atom. The van der Waals surface area contributed by atoms with Crippen LogP contribution in [0.15, 0.2) is 0 Å². The molecule has 1 atom stereocenters. The van der Waals surface area contributed by atoms with Crippen molar-refractivity contribution in [1.29, 1.82) is 5.26 Å². The largest absolute Gasteiger partial charge is 0.382 e. The summed E-state index contributed by atoms with van der Waals surface area (Å²) in [7, 11) is 1.52. The van der Waals surface area contributed by atoms with Gasteiger partial charge in [0.2, 0.25) is 0 Å². The predicted molar refractivity (Wildman–Crippen MR) is 30.1 cm³/mol. The summed E-state index contributed by atoms with van der Waals surface area (Å²) in [6.45, 7) is 1.90. The molecule has 0 aromatic heterocycles. The zero-order valence-electron chi connectivity index (χ0n) is 5.14. The van der Waals surface area contributed by atoms with E-state index in [0.29, 0.717) is 0 Å². The van der Waals surface area contributed by atoms with Gasteiger partial charge in [-0.15, -0.1) is 0 Å². The van der Waals surface area contributed by atoms with E-state index in [2.05, 4.69) is 4.74 Å². The van der Waals surface area contributed by atoms with Gasteiger partial charge in [-0.1, -0.05) is 0 Å².